The molecule has 4 nitrogen and oxygen atoms in total. The molecule has 2 aliphatic rings. The molecule has 0 unspecified atom stereocenters. The van der Waals surface area contributed by atoms with E-state index in [4.69, 9.17) is 0 Å². The molecule has 20 heavy (non-hydrogen) atoms. The van der Waals surface area contributed by atoms with Gasteiger partial charge in [-0.2, -0.15) is 0 Å². The summed E-state index contributed by atoms with van der Waals surface area (Å²) in [5, 5.41) is 0. The molecule has 3 rings (SSSR count). The standard InChI is InChI=1S/C16H25N4/c1-2-5-14-12-16(18-13-17-14)20-10-8-19(9-11-20)15-6-3-4-7-15/h12-13,15H,1-11H2. The van der Waals surface area contributed by atoms with E-state index in [1.165, 1.54) is 38.8 Å². The summed E-state index contributed by atoms with van der Waals surface area (Å²) in [4.78, 5) is 13.8. The van der Waals surface area contributed by atoms with Crippen LogP contribution in [-0.2, 0) is 6.42 Å². The zero-order valence-corrected chi connectivity index (χ0v) is 12.3. The zero-order valence-electron chi connectivity index (χ0n) is 12.3. The van der Waals surface area contributed by atoms with Gasteiger partial charge in [0.15, 0.2) is 0 Å². The number of aryl methyl sites for hydroxylation is 1. The smallest absolute Gasteiger partial charge is 0.132 e. The fourth-order valence-corrected chi connectivity index (χ4v) is 3.46. The fourth-order valence-electron chi connectivity index (χ4n) is 3.46. The Hall–Kier alpha value is -1.16. The van der Waals surface area contributed by atoms with E-state index in [1.54, 1.807) is 6.33 Å². The second-order valence-corrected chi connectivity index (χ2v) is 5.93. The summed E-state index contributed by atoms with van der Waals surface area (Å²) < 4.78 is 0. The topological polar surface area (TPSA) is 32.3 Å². The van der Waals surface area contributed by atoms with Gasteiger partial charge in [0, 0.05) is 44.0 Å². The molecule has 1 aliphatic heterocycles. The molecule has 1 aromatic rings. The molecule has 0 N–H and O–H groups in total. The third-order valence-corrected chi connectivity index (χ3v) is 4.62. The van der Waals surface area contributed by atoms with Gasteiger partial charge in [-0.05, 0) is 25.7 Å². The molecule has 0 bridgehead atoms. The maximum atomic E-state index is 4.44. The van der Waals surface area contributed by atoms with Gasteiger partial charge in [-0.1, -0.05) is 19.8 Å². The minimum absolute atomic E-state index is 0.851. The van der Waals surface area contributed by atoms with Gasteiger partial charge >= 0.3 is 0 Å². The van der Waals surface area contributed by atoms with Gasteiger partial charge in [0.25, 0.3) is 0 Å². The molecule has 109 valence electrons. The lowest BCUT2D eigenvalue weighted by Crippen LogP contribution is -2.50. The molecule has 1 radical (unpaired) electrons. The van der Waals surface area contributed by atoms with Crippen LogP contribution < -0.4 is 4.90 Å². The molecule has 1 saturated carbocycles. The highest BCUT2D eigenvalue weighted by molar-refractivity contribution is 5.39. The Labute approximate surface area is 122 Å². The van der Waals surface area contributed by atoms with E-state index < -0.39 is 0 Å². The minimum atomic E-state index is 0.851. The van der Waals surface area contributed by atoms with Crippen LogP contribution >= 0.6 is 0 Å². The Morgan fingerprint density at radius 2 is 1.85 bits per heavy atom. The summed E-state index contributed by atoms with van der Waals surface area (Å²) >= 11 is 0. The quantitative estimate of drug-likeness (QED) is 0.842. The van der Waals surface area contributed by atoms with Crippen LogP contribution in [0.5, 0.6) is 0 Å². The van der Waals surface area contributed by atoms with E-state index in [0.717, 1.165) is 43.5 Å². The summed E-state index contributed by atoms with van der Waals surface area (Å²) in [6.45, 7) is 8.45. The van der Waals surface area contributed by atoms with E-state index >= 15 is 0 Å². The molecular weight excluding hydrogens is 248 g/mol. The summed E-state index contributed by atoms with van der Waals surface area (Å²) in [5.41, 5.74) is 1.11. The second kappa shape index (κ2) is 6.53. The zero-order chi connectivity index (χ0) is 13.8. The lowest BCUT2D eigenvalue weighted by atomic mass is 10.1. The van der Waals surface area contributed by atoms with Crippen LogP contribution in [0.3, 0.4) is 0 Å². The van der Waals surface area contributed by atoms with Crippen molar-refractivity contribution in [1.29, 1.82) is 0 Å². The molecule has 4 heteroatoms. The van der Waals surface area contributed by atoms with Gasteiger partial charge in [-0.3, -0.25) is 4.90 Å². The van der Waals surface area contributed by atoms with Gasteiger partial charge in [-0.15, -0.1) is 0 Å². The molecule has 1 aliphatic carbocycles. The van der Waals surface area contributed by atoms with Crippen molar-refractivity contribution in [3.63, 3.8) is 0 Å². The van der Waals surface area contributed by atoms with E-state index in [2.05, 4.69) is 32.8 Å². The van der Waals surface area contributed by atoms with Crippen LogP contribution in [-0.4, -0.2) is 47.1 Å². The second-order valence-electron chi connectivity index (χ2n) is 5.93. The molecule has 0 aromatic carbocycles. The van der Waals surface area contributed by atoms with Crippen molar-refractivity contribution in [1.82, 2.24) is 14.9 Å². The Morgan fingerprint density at radius 3 is 2.55 bits per heavy atom. The van der Waals surface area contributed by atoms with Crippen LogP contribution in [0.4, 0.5) is 5.82 Å². The molecule has 0 spiro atoms. The molecule has 0 amide bonds. The van der Waals surface area contributed by atoms with Crippen molar-refractivity contribution in [2.75, 3.05) is 31.1 Å². The van der Waals surface area contributed by atoms with Gasteiger partial charge < -0.3 is 4.90 Å². The van der Waals surface area contributed by atoms with Gasteiger partial charge in [0.1, 0.15) is 12.1 Å². The molecule has 1 saturated heterocycles. The minimum Gasteiger partial charge on any atom is -0.354 e. The van der Waals surface area contributed by atoms with Crippen molar-refractivity contribution in [2.24, 2.45) is 0 Å². The van der Waals surface area contributed by atoms with Crippen LogP contribution in [0.25, 0.3) is 0 Å². The van der Waals surface area contributed by atoms with Crippen molar-refractivity contribution in [3.8, 4) is 0 Å². The van der Waals surface area contributed by atoms with E-state index in [0.29, 0.717) is 0 Å². The highest BCUT2D eigenvalue weighted by atomic mass is 15.3. The average molecular weight is 273 g/mol. The van der Waals surface area contributed by atoms with Gasteiger partial charge in [-0.25, -0.2) is 9.97 Å². The normalized spacial score (nSPS) is 21.6. The van der Waals surface area contributed by atoms with Crippen molar-refractivity contribution < 1.29 is 0 Å². The molecule has 2 heterocycles. The third kappa shape index (κ3) is 3.11. The first-order valence-electron chi connectivity index (χ1n) is 7.96. The fraction of sp³-hybridized carbons (Fsp3) is 0.688. The van der Waals surface area contributed by atoms with Crippen molar-refractivity contribution >= 4 is 5.82 Å². The van der Waals surface area contributed by atoms with Gasteiger partial charge in [0.05, 0.1) is 0 Å². The molecule has 0 atom stereocenters. The predicted octanol–water partition coefficient (Wildman–Crippen LogP) is 2.31. The maximum absolute atomic E-state index is 4.44. The van der Waals surface area contributed by atoms with Crippen LogP contribution in [0, 0.1) is 6.92 Å². The highest BCUT2D eigenvalue weighted by Crippen LogP contribution is 2.25. The van der Waals surface area contributed by atoms with Crippen LogP contribution in [0.15, 0.2) is 12.4 Å². The predicted molar refractivity (Wildman–Crippen MR) is 81.8 cm³/mol. The number of aromatic nitrogens is 2. The van der Waals surface area contributed by atoms with E-state index in [-0.39, 0.29) is 0 Å². The lowest BCUT2D eigenvalue weighted by Gasteiger charge is -2.38. The summed E-state index contributed by atoms with van der Waals surface area (Å²) in [6.07, 6.45) is 9.19. The van der Waals surface area contributed by atoms with Crippen molar-refractivity contribution in [2.45, 2.75) is 44.6 Å². The molecule has 2 fully saturated rings. The van der Waals surface area contributed by atoms with Crippen LogP contribution in [0.1, 0.15) is 37.8 Å². The SMILES string of the molecule is [CH2]CCc1cc(N2CCN(C3CCCC3)CC2)ncn1. The summed E-state index contributed by atoms with van der Waals surface area (Å²) in [6, 6.07) is 2.99. The first-order chi connectivity index (χ1) is 9.86. The summed E-state index contributed by atoms with van der Waals surface area (Å²) in [7, 11) is 0. The highest BCUT2D eigenvalue weighted by Gasteiger charge is 2.26. The monoisotopic (exact) mass is 273 g/mol. The largest absolute Gasteiger partial charge is 0.354 e. The maximum Gasteiger partial charge on any atom is 0.132 e. The first kappa shape index (κ1) is 13.8. The number of hydrogen-bond acceptors (Lipinski definition) is 4. The number of nitrogens with zero attached hydrogens (tertiary/aromatic N) is 4. The molecular formula is C16H25N4. The molecule has 1 aromatic heterocycles. The Bertz CT molecular complexity index is 420. The Morgan fingerprint density at radius 1 is 1.10 bits per heavy atom. The Balaban J connectivity index is 1.58. The van der Waals surface area contributed by atoms with Gasteiger partial charge in [0.2, 0.25) is 0 Å². The first-order valence-corrected chi connectivity index (χ1v) is 7.96. The van der Waals surface area contributed by atoms with Crippen molar-refractivity contribution in [3.05, 3.63) is 25.0 Å². The number of anilines is 1. The number of rotatable bonds is 4. The Kier molecular flexibility index (Phi) is 4.51. The number of piperazine rings is 1. The van der Waals surface area contributed by atoms with E-state index in [1.807, 2.05) is 0 Å². The lowest BCUT2D eigenvalue weighted by molar-refractivity contribution is 0.187. The average Bonchev–Trinajstić information content (AvgIpc) is 3.02. The summed E-state index contributed by atoms with van der Waals surface area (Å²) in [5.74, 6) is 1.09. The van der Waals surface area contributed by atoms with Crippen LogP contribution in [0.2, 0.25) is 0 Å². The van der Waals surface area contributed by atoms with E-state index in [9.17, 15) is 0 Å². The third-order valence-electron chi connectivity index (χ3n) is 4.62. The number of hydrogen-bond donors (Lipinski definition) is 0.